The van der Waals surface area contributed by atoms with Gasteiger partial charge < -0.3 is 15.7 Å². The lowest BCUT2D eigenvalue weighted by Gasteiger charge is -2.38. The van der Waals surface area contributed by atoms with Crippen molar-refractivity contribution in [2.45, 2.75) is 51.0 Å². The third kappa shape index (κ3) is 3.96. The first kappa shape index (κ1) is 14.5. The van der Waals surface area contributed by atoms with Gasteiger partial charge in [0.2, 0.25) is 5.91 Å². The normalized spacial score (nSPS) is 29.0. The van der Waals surface area contributed by atoms with E-state index in [9.17, 15) is 9.90 Å². The van der Waals surface area contributed by atoms with Crippen LogP contribution >= 0.6 is 0 Å². The summed E-state index contributed by atoms with van der Waals surface area (Å²) in [5, 5.41) is 15.6. The van der Waals surface area contributed by atoms with E-state index in [0.717, 1.165) is 45.1 Å². The molecule has 1 aliphatic carbocycles. The van der Waals surface area contributed by atoms with Gasteiger partial charge in [-0.15, -0.1) is 0 Å². The summed E-state index contributed by atoms with van der Waals surface area (Å²) in [7, 11) is 1.89. The molecule has 1 fully saturated rings. The second kappa shape index (κ2) is 6.97. The molecule has 0 aromatic rings. The van der Waals surface area contributed by atoms with Gasteiger partial charge in [-0.3, -0.25) is 4.79 Å². The van der Waals surface area contributed by atoms with Crippen LogP contribution in [0.25, 0.3) is 0 Å². The average molecular weight is 242 g/mol. The summed E-state index contributed by atoms with van der Waals surface area (Å²) in [5.41, 5.74) is -0.153. The monoisotopic (exact) mass is 242 g/mol. The minimum atomic E-state index is -0.153. The second-order valence-corrected chi connectivity index (χ2v) is 5.11. The zero-order valence-corrected chi connectivity index (χ0v) is 11.1. The third-order valence-electron chi connectivity index (χ3n) is 3.98. The molecule has 0 heterocycles. The van der Waals surface area contributed by atoms with Gasteiger partial charge in [0.05, 0.1) is 6.61 Å². The number of amides is 1. The van der Waals surface area contributed by atoms with Crippen LogP contribution in [0.3, 0.4) is 0 Å². The Bertz CT molecular complexity index is 230. The van der Waals surface area contributed by atoms with E-state index in [1.165, 1.54) is 0 Å². The number of hydrogen-bond donors (Lipinski definition) is 3. The van der Waals surface area contributed by atoms with Crippen LogP contribution in [0.15, 0.2) is 0 Å². The largest absolute Gasteiger partial charge is 0.394 e. The van der Waals surface area contributed by atoms with Crippen molar-refractivity contribution < 1.29 is 9.90 Å². The van der Waals surface area contributed by atoms with Gasteiger partial charge in [0.25, 0.3) is 0 Å². The average Bonchev–Trinajstić information content (AvgIpc) is 2.39. The maximum atomic E-state index is 11.9. The van der Waals surface area contributed by atoms with Crippen LogP contribution in [0.5, 0.6) is 0 Å². The second-order valence-electron chi connectivity index (χ2n) is 5.11. The maximum Gasteiger partial charge on any atom is 0.223 e. The molecule has 17 heavy (non-hydrogen) atoms. The van der Waals surface area contributed by atoms with Crippen LogP contribution in [-0.2, 0) is 4.79 Å². The Morgan fingerprint density at radius 3 is 2.53 bits per heavy atom. The minimum absolute atomic E-state index is 0.139. The molecule has 4 nitrogen and oxygen atoms in total. The fourth-order valence-electron chi connectivity index (χ4n) is 2.45. The van der Waals surface area contributed by atoms with Crippen molar-refractivity contribution in [3.63, 3.8) is 0 Å². The number of rotatable bonds is 6. The molecule has 0 aromatic heterocycles. The quantitative estimate of drug-likeness (QED) is 0.610. The summed E-state index contributed by atoms with van der Waals surface area (Å²) in [6.45, 7) is 3.08. The number of aliphatic hydroxyl groups excluding tert-OH is 1. The van der Waals surface area contributed by atoms with Gasteiger partial charge in [0.15, 0.2) is 0 Å². The number of unbranched alkanes of at least 4 members (excludes halogenated alkanes) is 1. The van der Waals surface area contributed by atoms with Crippen LogP contribution in [0.4, 0.5) is 0 Å². The molecule has 0 aliphatic heterocycles. The molecule has 0 unspecified atom stereocenters. The molecule has 0 atom stereocenters. The summed E-state index contributed by atoms with van der Waals surface area (Å²) < 4.78 is 0. The van der Waals surface area contributed by atoms with Gasteiger partial charge in [-0.2, -0.15) is 0 Å². The van der Waals surface area contributed by atoms with Crippen molar-refractivity contribution in [1.29, 1.82) is 0 Å². The van der Waals surface area contributed by atoms with E-state index >= 15 is 0 Å². The number of hydrogen-bond acceptors (Lipinski definition) is 3. The van der Waals surface area contributed by atoms with Crippen molar-refractivity contribution in [3.8, 4) is 0 Å². The number of carbonyl (C=O) groups is 1. The standard InChI is InChI=1S/C13H26N2O2/c1-3-4-9-15-12(17)11-5-7-13(10-16,14-2)8-6-11/h11,14,16H,3-10H2,1-2H3,(H,15,17). The molecular formula is C13H26N2O2. The molecule has 0 bridgehead atoms. The number of carbonyl (C=O) groups excluding carboxylic acids is 1. The third-order valence-corrected chi connectivity index (χ3v) is 3.98. The molecule has 1 saturated carbocycles. The molecule has 1 rings (SSSR count). The van der Waals surface area contributed by atoms with Crippen molar-refractivity contribution in [2.75, 3.05) is 20.2 Å². The smallest absolute Gasteiger partial charge is 0.223 e. The van der Waals surface area contributed by atoms with E-state index in [0.29, 0.717) is 0 Å². The van der Waals surface area contributed by atoms with E-state index in [1.807, 2.05) is 7.05 Å². The first-order valence-corrected chi connectivity index (χ1v) is 6.75. The highest BCUT2D eigenvalue weighted by Gasteiger charge is 2.35. The zero-order chi connectivity index (χ0) is 12.7. The van der Waals surface area contributed by atoms with Crippen molar-refractivity contribution in [3.05, 3.63) is 0 Å². The number of aliphatic hydroxyl groups is 1. The topological polar surface area (TPSA) is 61.4 Å². The van der Waals surface area contributed by atoms with Gasteiger partial charge in [0.1, 0.15) is 0 Å². The Kier molecular flexibility index (Phi) is 5.92. The first-order valence-electron chi connectivity index (χ1n) is 6.75. The van der Waals surface area contributed by atoms with E-state index < -0.39 is 0 Å². The molecule has 0 spiro atoms. The summed E-state index contributed by atoms with van der Waals surface area (Å²) in [6, 6.07) is 0. The van der Waals surface area contributed by atoms with E-state index in [4.69, 9.17) is 0 Å². The Hall–Kier alpha value is -0.610. The molecule has 3 N–H and O–H groups in total. The van der Waals surface area contributed by atoms with Crippen molar-refractivity contribution in [2.24, 2.45) is 5.92 Å². The molecule has 0 radical (unpaired) electrons. The van der Waals surface area contributed by atoms with Crippen molar-refractivity contribution in [1.82, 2.24) is 10.6 Å². The molecule has 0 aromatic carbocycles. The summed E-state index contributed by atoms with van der Waals surface area (Å²) >= 11 is 0. The van der Waals surface area contributed by atoms with E-state index in [-0.39, 0.29) is 24.0 Å². The summed E-state index contributed by atoms with van der Waals surface area (Å²) in [6.07, 6.45) is 5.67. The van der Waals surface area contributed by atoms with E-state index in [1.54, 1.807) is 0 Å². The zero-order valence-electron chi connectivity index (χ0n) is 11.1. The van der Waals surface area contributed by atoms with E-state index in [2.05, 4.69) is 17.6 Å². The highest BCUT2D eigenvalue weighted by atomic mass is 16.3. The lowest BCUT2D eigenvalue weighted by molar-refractivity contribution is -0.126. The number of nitrogens with one attached hydrogen (secondary N) is 2. The fraction of sp³-hybridized carbons (Fsp3) is 0.923. The minimum Gasteiger partial charge on any atom is -0.394 e. The Morgan fingerprint density at radius 2 is 2.06 bits per heavy atom. The Labute approximate surface area is 104 Å². The lowest BCUT2D eigenvalue weighted by Crippen LogP contribution is -2.50. The predicted octanol–water partition coefficient (Wildman–Crippen LogP) is 1.04. The van der Waals surface area contributed by atoms with Gasteiger partial charge in [-0.25, -0.2) is 0 Å². The molecule has 4 heteroatoms. The maximum absolute atomic E-state index is 11.9. The SMILES string of the molecule is CCCCNC(=O)C1CCC(CO)(NC)CC1. The summed E-state index contributed by atoms with van der Waals surface area (Å²) in [5.74, 6) is 0.334. The molecular weight excluding hydrogens is 216 g/mol. The highest BCUT2D eigenvalue weighted by Crippen LogP contribution is 2.31. The Morgan fingerprint density at radius 1 is 1.41 bits per heavy atom. The highest BCUT2D eigenvalue weighted by molar-refractivity contribution is 5.78. The molecule has 1 amide bonds. The first-order chi connectivity index (χ1) is 8.17. The Balaban J connectivity index is 2.33. The molecule has 100 valence electrons. The van der Waals surface area contributed by atoms with Crippen LogP contribution in [-0.4, -0.2) is 36.8 Å². The van der Waals surface area contributed by atoms with Crippen LogP contribution in [0, 0.1) is 5.92 Å². The molecule has 1 aliphatic rings. The predicted molar refractivity (Wildman–Crippen MR) is 68.8 cm³/mol. The fourth-order valence-corrected chi connectivity index (χ4v) is 2.45. The summed E-state index contributed by atoms with van der Waals surface area (Å²) in [4.78, 5) is 11.9. The van der Waals surface area contributed by atoms with Gasteiger partial charge in [-0.05, 0) is 39.2 Å². The van der Waals surface area contributed by atoms with Gasteiger partial charge in [0, 0.05) is 18.0 Å². The van der Waals surface area contributed by atoms with Crippen LogP contribution < -0.4 is 10.6 Å². The lowest BCUT2D eigenvalue weighted by atomic mass is 9.76. The number of likely N-dealkylation sites (N-methyl/N-ethyl adjacent to an activating group) is 1. The van der Waals surface area contributed by atoms with Crippen LogP contribution in [0.1, 0.15) is 45.4 Å². The van der Waals surface area contributed by atoms with Gasteiger partial charge >= 0.3 is 0 Å². The van der Waals surface area contributed by atoms with Crippen molar-refractivity contribution >= 4 is 5.91 Å². The van der Waals surface area contributed by atoms with Crippen LogP contribution in [0.2, 0.25) is 0 Å². The molecule has 0 saturated heterocycles. The van der Waals surface area contributed by atoms with Gasteiger partial charge in [-0.1, -0.05) is 13.3 Å².